The van der Waals surface area contributed by atoms with Gasteiger partial charge in [-0.1, -0.05) is 36.4 Å². The lowest BCUT2D eigenvalue weighted by Gasteiger charge is -2.71. The molecule has 4 nitrogen and oxygen atoms in total. The number of nitrogens with zero attached hydrogens (tertiary/aromatic N) is 2. The minimum Gasteiger partial charge on any atom is -0.369 e. The molecule has 2 aromatic rings. The molecule has 0 saturated carbocycles. The number of likely N-dealkylation sites (N-methyl/N-ethyl adjacent to an activating group) is 2. The van der Waals surface area contributed by atoms with Crippen molar-refractivity contribution in [2.24, 2.45) is 0 Å². The number of para-hydroxylation sites is 2. The molecule has 4 heterocycles. The highest BCUT2D eigenvalue weighted by Crippen LogP contribution is 2.65. The van der Waals surface area contributed by atoms with E-state index >= 15 is 0 Å². The van der Waals surface area contributed by atoms with Crippen LogP contribution in [0.5, 0.6) is 0 Å². The van der Waals surface area contributed by atoms with Crippen LogP contribution < -0.4 is 10.6 Å². The van der Waals surface area contributed by atoms with Crippen LogP contribution in [-0.4, -0.2) is 49.3 Å². The summed E-state index contributed by atoms with van der Waals surface area (Å²) in [4.78, 5) is 5.11. The van der Waals surface area contributed by atoms with E-state index in [9.17, 15) is 0 Å². The van der Waals surface area contributed by atoms with Crippen LogP contribution in [0.2, 0.25) is 0 Å². The third-order valence-corrected chi connectivity index (χ3v) is 7.73. The topological polar surface area (TPSA) is 30.5 Å². The maximum Gasteiger partial charge on any atom is 0.0901 e. The highest BCUT2D eigenvalue weighted by atomic mass is 15.4. The number of nitrogens with one attached hydrogen (secondary N) is 2. The van der Waals surface area contributed by atoms with Crippen LogP contribution in [0.15, 0.2) is 48.5 Å². The van der Waals surface area contributed by atoms with Crippen molar-refractivity contribution in [3.63, 3.8) is 0 Å². The number of benzene rings is 2. The number of piperidine rings is 2. The summed E-state index contributed by atoms with van der Waals surface area (Å²) in [5.74, 6) is 0. The van der Waals surface area contributed by atoms with Gasteiger partial charge >= 0.3 is 0 Å². The van der Waals surface area contributed by atoms with Gasteiger partial charge in [-0.15, -0.1) is 0 Å². The van der Waals surface area contributed by atoms with Gasteiger partial charge in [0, 0.05) is 35.3 Å². The maximum absolute atomic E-state index is 3.95. The smallest absolute Gasteiger partial charge is 0.0901 e. The van der Waals surface area contributed by atoms with Crippen molar-refractivity contribution in [2.45, 2.75) is 36.0 Å². The molecule has 4 bridgehead atoms. The minimum absolute atomic E-state index is 0.105. The Morgan fingerprint density at radius 1 is 0.731 bits per heavy atom. The average molecular weight is 346 g/mol. The maximum atomic E-state index is 3.95. The fraction of sp³-hybridized carbons (Fsp3) is 0.455. The Morgan fingerprint density at radius 2 is 1.15 bits per heavy atom. The van der Waals surface area contributed by atoms with Gasteiger partial charge in [0.15, 0.2) is 0 Å². The zero-order valence-electron chi connectivity index (χ0n) is 15.5. The molecule has 134 valence electrons. The molecule has 0 aliphatic carbocycles. The predicted molar refractivity (Wildman–Crippen MR) is 106 cm³/mol. The van der Waals surface area contributed by atoms with Gasteiger partial charge in [-0.25, -0.2) is 0 Å². The van der Waals surface area contributed by atoms with E-state index in [0.717, 1.165) is 13.1 Å². The SMILES string of the molecule is CN1CC[C@@]23c4ccccc4N[C@@H]1[C@@]21CCN(C)[C@@H]3Nc2ccccc21. The molecular formula is C22H26N4. The van der Waals surface area contributed by atoms with Crippen molar-refractivity contribution in [2.75, 3.05) is 37.8 Å². The minimum atomic E-state index is 0.105. The Labute approximate surface area is 155 Å². The second-order valence-electron chi connectivity index (χ2n) is 8.59. The first-order valence-electron chi connectivity index (χ1n) is 9.81. The molecule has 0 radical (unpaired) electrons. The first-order chi connectivity index (χ1) is 12.7. The van der Waals surface area contributed by atoms with Gasteiger partial charge in [0.1, 0.15) is 0 Å². The van der Waals surface area contributed by atoms with Crippen molar-refractivity contribution in [3.8, 4) is 0 Å². The highest BCUT2D eigenvalue weighted by Gasteiger charge is 2.70. The zero-order valence-corrected chi connectivity index (χ0v) is 15.5. The van der Waals surface area contributed by atoms with Gasteiger partial charge in [-0.2, -0.15) is 0 Å². The van der Waals surface area contributed by atoms with Crippen molar-refractivity contribution >= 4 is 11.4 Å². The lowest BCUT2D eigenvalue weighted by molar-refractivity contribution is -0.0691. The van der Waals surface area contributed by atoms with Gasteiger partial charge in [-0.3, -0.25) is 9.80 Å². The fourth-order valence-electron chi connectivity index (χ4n) is 6.73. The van der Waals surface area contributed by atoms with Gasteiger partial charge in [-0.05, 0) is 50.2 Å². The second-order valence-corrected chi connectivity index (χ2v) is 8.59. The van der Waals surface area contributed by atoms with E-state index in [2.05, 4.69) is 83.1 Å². The van der Waals surface area contributed by atoms with E-state index < -0.39 is 0 Å². The van der Waals surface area contributed by atoms with Gasteiger partial charge < -0.3 is 10.6 Å². The van der Waals surface area contributed by atoms with Crippen molar-refractivity contribution in [1.29, 1.82) is 0 Å². The Kier molecular flexibility index (Phi) is 2.79. The van der Waals surface area contributed by atoms with Crippen molar-refractivity contribution < 1.29 is 0 Å². The summed E-state index contributed by atoms with van der Waals surface area (Å²) in [6.07, 6.45) is 3.06. The molecule has 0 amide bonds. The molecule has 4 atom stereocenters. The van der Waals surface area contributed by atoms with Crippen LogP contribution in [0, 0.1) is 0 Å². The highest BCUT2D eigenvalue weighted by molar-refractivity contribution is 5.72. The summed E-state index contributed by atoms with van der Waals surface area (Å²) in [5.41, 5.74) is 5.86. The summed E-state index contributed by atoms with van der Waals surface area (Å²) in [5, 5.41) is 7.91. The first kappa shape index (κ1) is 15.1. The monoisotopic (exact) mass is 346 g/mol. The molecule has 26 heavy (non-hydrogen) atoms. The average Bonchev–Trinajstić information content (AvgIpc) is 2.67. The Balaban J connectivity index is 1.75. The summed E-state index contributed by atoms with van der Waals surface area (Å²) in [6.45, 7) is 2.25. The van der Waals surface area contributed by atoms with Gasteiger partial charge in [0.2, 0.25) is 0 Å². The molecule has 6 rings (SSSR count). The van der Waals surface area contributed by atoms with Crippen LogP contribution in [0.1, 0.15) is 24.0 Å². The van der Waals surface area contributed by atoms with Crippen molar-refractivity contribution in [3.05, 3.63) is 59.7 Å². The largest absolute Gasteiger partial charge is 0.369 e. The molecule has 4 aliphatic rings. The van der Waals surface area contributed by atoms with Gasteiger partial charge in [0.25, 0.3) is 0 Å². The molecule has 2 fully saturated rings. The molecule has 2 aromatic carbocycles. The third kappa shape index (κ3) is 1.47. The standard InChI is InChI=1S/C22H26N4/c1-25-13-11-22-16-8-4-5-9-17(16)23-19(25)21(22)12-14-26(2)20(22)24-18-10-6-3-7-15(18)21/h3-10,19-20,23-24H,11-14H2,1-2H3/t19-,20-,21-,22-/m0/s1. The van der Waals surface area contributed by atoms with Crippen molar-refractivity contribution in [1.82, 2.24) is 9.80 Å². The summed E-state index contributed by atoms with van der Waals surface area (Å²) in [6, 6.07) is 18.1. The molecule has 2 saturated heterocycles. The number of anilines is 2. The predicted octanol–water partition coefficient (Wildman–Crippen LogP) is 3.04. The third-order valence-electron chi connectivity index (χ3n) is 7.73. The van der Waals surface area contributed by atoms with E-state index in [0.29, 0.717) is 12.3 Å². The van der Waals surface area contributed by atoms with E-state index in [4.69, 9.17) is 0 Å². The number of rotatable bonds is 0. The quantitative estimate of drug-likeness (QED) is 0.768. The molecule has 4 heteroatoms. The van der Waals surface area contributed by atoms with Gasteiger partial charge in [0.05, 0.1) is 12.3 Å². The number of hydrogen-bond acceptors (Lipinski definition) is 4. The Hall–Kier alpha value is -2.04. The lowest BCUT2D eigenvalue weighted by Crippen LogP contribution is -2.80. The van der Waals surface area contributed by atoms with E-state index in [1.54, 1.807) is 0 Å². The molecule has 0 unspecified atom stereocenters. The lowest BCUT2D eigenvalue weighted by atomic mass is 9.45. The number of fused-ring (bicyclic) bond motifs is 2. The Bertz CT molecular complexity index is 822. The van der Waals surface area contributed by atoms with Crippen LogP contribution in [0.3, 0.4) is 0 Å². The van der Waals surface area contributed by atoms with E-state index in [-0.39, 0.29) is 10.8 Å². The zero-order chi connectivity index (χ0) is 17.5. The van der Waals surface area contributed by atoms with E-state index in [1.165, 1.54) is 35.3 Å². The molecule has 4 aliphatic heterocycles. The van der Waals surface area contributed by atoms with Crippen LogP contribution in [0.25, 0.3) is 0 Å². The van der Waals surface area contributed by atoms with E-state index in [1.807, 2.05) is 0 Å². The number of hydrogen-bond donors (Lipinski definition) is 2. The summed E-state index contributed by atoms with van der Waals surface area (Å²) < 4.78 is 0. The summed E-state index contributed by atoms with van der Waals surface area (Å²) in [7, 11) is 4.59. The molecule has 0 spiro atoms. The normalized spacial score (nSPS) is 37.6. The molecule has 2 N–H and O–H groups in total. The Morgan fingerprint density at radius 3 is 1.62 bits per heavy atom. The van der Waals surface area contributed by atoms with Crippen LogP contribution in [0.4, 0.5) is 11.4 Å². The number of likely N-dealkylation sites (tertiary alicyclic amines) is 2. The molecule has 0 aromatic heterocycles. The van der Waals surface area contributed by atoms with Crippen LogP contribution >= 0.6 is 0 Å². The second kappa shape index (κ2) is 4.81. The summed E-state index contributed by atoms with van der Waals surface area (Å²) >= 11 is 0. The van der Waals surface area contributed by atoms with Crippen LogP contribution in [-0.2, 0) is 10.8 Å². The first-order valence-corrected chi connectivity index (χ1v) is 9.81. The fourth-order valence-corrected chi connectivity index (χ4v) is 6.73. The molecular weight excluding hydrogens is 320 g/mol.